The highest BCUT2D eigenvalue weighted by Gasteiger charge is 2.71. The molecule has 1 spiro atoms. The monoisotopic (exact) mass is 284 g/mol. The first-order chi connectivity index (χ1) is 10.2. The number of Topliss-reactive ketones (excluding diaryl/α,β-unsaturated/α-hetero) is 1. The Morgan fingerprint density at radius 1 is 1.55 bits per heavy atom. The largest absolute Gasteiger partial charge is 0.373 e. The molecule has 0 amide bonds. The van der Waals surface area contributed by atoms with Crippen molar-refractivity contribution in [2.24, 2.45) is 11.8 Å². The van der Waals surface area contributed by atoms with Crippen LogP contribution < -0.4 is 0 Å². The Kier molecular flexibility index (Phi) is 2.90. The quantitative estimate of drug-likeness (QED) is 0.727. The number of ether oxygens (including phenoxy) is 3. The first-order valence-electron chi connectivity index (χ1n) is 8.55. The van der Waals surface area contributed by atoms with Crippen LogP contribution in [0.25, 0.3) is 0 Å². The second-order valence-corrected chi connectivity index (χ2v) is 6.97. The number of rotatable bonds is 5. The fourth-order valence-electron chi connectivity index (χ4n) is 3.69. The summed E-state index contributed by atoms with van der Waals surface area (Å²) in [5.41, 5.74) is -1.04. The Bertz CT molecular complexity index is 475. The van der Waals surface area contributed by atoms with E-state index in [1.165, 1.54) is 7.11 Å². The molecular formula is C16H26O4. The summed E-state index contributed by atoms with van der Waals surface area (Å²) in [6.07, 6.45) is -0.424. The van der Waals surface area contributed by atoms with Crippen LogP contribution in [0.4, 0.5) is 0 Å². The van der Waals surface area contributed by atoms with Crippen LogP contribution in [-0.2, 0) is 19.0 Å². The van der Waals surface area contributed by atoms with E-state index in [0.717, 1.165) is 12.8 Å². The van der Waals surface area contributed by atoms with Crippen LogP contribution in [0.1, 0.15) is 49.1 Å². The zero-order chi connectivity index (χ0) is 16.3. The fraction of sp³-hybridized carbons (Fsp3) is 0.938. The molecule has 3 fully saturated rings. The number of hydrogen-bond acceptors (Lipinski definition) is 4. The van der Waals surface area contributed by atoms with Crippen LogP contribution in [0, 0.1) is 11.8 Å². The van der Waals surface area contributed by atoms with Crippen molar-refractivity contribution in [3.63, 3.8) is 0 Å². The molecule has 2 saturated heterocycles. The van der Waals surface area contributed by atoms with Gasteiger partial charge in [0.1, 0.15) is 17.3 Å². The number of hydrogen-bond donors (Lipinski definition) is 0. The Morgan fingerprint density at radius 2 is 2.25 bits per heavy atom. The maximum absolute atomic E-state index is 12.4. The van der Waals surface area contributed by atoms with Gasteiger partial charge in [-0.15, -0.1) is 0 Å². The lowest BCUT2D eigenvalue weighted by atomic mass is 9.68. The Labute approximate surface area is 124 Å². The summed E-state index contributed by atoms with van der Waals surface area (Å²) in [7, 11) is 1.47. The number of methoxy groups -OCH3 is 1. The zero-order valence-corrected chi connectivity index (χ0v) is 12.8. The second-order valence-electron chi connectivity index (χ2n) is 6.97. The minimum Gasteiger partial charge on any atom is -0.373 e. The van der Waals surface area contributed by atoms with Gasteiger partial charge in [-0.1, -0.05) is 13.8 Å². The molecule has 2 heterocycles. The van der Waals surface area contributed by atoms with Crippen LogP contribution in [0.15, 0.2) is 0 Å². The van der Waals surface area contributed by atoms with Gasteiger partial charge >= 0.3 is 0 Å². The molecule has 0 bridgehead atoms. The van der Waals surface area contributed by atoms with Crippen LogP contribution >= 0.6 is 0 Å². The predicted molar refractivity (Wildman–Crippen MR) is 74.6 cm³/mol. The van der Waals surface area contributed by atoms with Crippen molar-refractivity contribution in [3.8, 4) is 0 Å². The van der Waals surface area contributed by atoms with E-state index in [1.54, 1.807) is 0 Å². The van der Waals surface area contributed by atoms with Gasteiger partial charge in [0.25, 0.3) is 0 Å². The Hall–Kier alpha value is -0.450. The van der Waals surface area contributed by atoms with Crippen LogP contribution in [0.2, 0.25) is 0 Å². The van der Waals surface area contributed by atoms with E-state index >= 15 is 0 Å². The molecule has 0 aromatic heterocycles. The summed E-state index contributed by atoms with van der Waals surface area (Å²) < 4.78 is 33.0. The highest BCUT2D eigenvalue weighted by Crippen LogP contribution is 2.58. The minimum atomic E-state index is -1.88. The smallest absolute Gasteiger partial charge is 0.162 e. The van der Waals surface area contributed by atoms with Gasteiger partial charge in [0.15, 0.2) is 5.78 Å². The average molecular weight is 284 g/mol. The van der Waals surface area contributed by atoms with E-state index < -0.39 is 29.5 Å². The topological polar surface area (TPSA) is 51.4 Å². The molecule has 0 aromatic rings. The third-order valence-electron chi connectivity index (χ3n) is 5.06. The molecule has 0 aromatic carbocycles. The fourth-order valence-corrected chi connectivity index (χ4v) is 3.69. The normalized spacial score (nSPS) is 51.0. The molecule has 1 aliphatic carbocycles. The molecule has 5 atom stereocenters. The highest BCUT2D eigenvalue weighted by molar-refractivity contribution is 5.85. The minimum absolute atomic E-state index is 0.107. The summed E-state index contributed by atoms with van der Waals surface area (Å²) >= 11 is 0. The van der Waals surface area contributed by atoms with E-state index in [9.17, 15) is 4.79 Å². The summed E-state index contributed by atoms with van der Waals surface area (Å²) in [6.45, 7) is 6.87. The van der Waals surface area contributed by atoms with Crippen molar-refractivity contribution in [2.75, 3.05) is 13.7 Å². The molecule has 1 saturated carbocycles. The molecule has 2 aliphatic heterocycles. The lowest BCUT2D eigenvalue weighted by Crippen LogP contribution is -2.53. The summed E-state index contributed by atoms with van der Waals surface area (Å²) in [4.78, 5) is 12.4. The van der Waals surface area contributed by atoms with Crippen LogP contribution in [-0.4, -0.2) is 42.9 Å². The molecule has 114 valence electrons. The highest BCUT2D eigenvalue weighted by atomic mass is 16.6. The van der Waals surface area contributed by atoms with Crippen LogP contribution in [0.5, 0.6) is 0 Å². The second kappa shape index (κ2) is 4.79. The van der Waals surface area contributed by atoms with Gasteiger partial charge in [-0.3, -0.25) is 4.79 Å². The van der Waals surface area contributed by atoms with Crippen molar-refractivity contribution < 1.29 is 21.7 Å². The number of carbonyl (C=O) groups is 1. The van der Waals surface area contributed by atoms with E-state index in [1.807, 2.05) is 6.92 Å². The molecule has 3 aliphatic rings. The SMILES string of the molecule is [2H]C1([2H])C[C@]2(CO2)[C@@H]([C@]2(C)O[C@@H]2CCC(C)C)[C@H](OC)C1=O. The van der Waals surface area contributed by atoms with Crippen molar-refractivity contribution >= 4 is 5.78 Å². The zero-order valence-electron chi connectivity index (χ0n) is 14.8. The van der Waals surface area contributed by atoms with E-state index in [2.05, 4.69) is 13.8 Å². The van der Waals surface area contributed by atoms with E-state index in [4.69, 9.17) is 17.0 Å². The maximum Gasteiger partial charge on any atom is 0.162 e. The molecule has 3 rings (SSSR count). The van der Waals surface area contributed by atoms with Gasteiger partial charge in [-0.05, 0) is 32.1 Å². The van der Waals surface area contributed by atoms with Gasteiger partial charge in [0.05, 0.1) is 18.6 Å². The van der Waals surface area contributed by atoms with Gasteiger partial charge in [-0.2, -0.15) is 0 Å². The van der Waals surface area contributed by atoms with Crippen molar-refractivity contribution in [1.29, 1.82) is 0 Å². The summed E-state index contributed by atoms with van der Waals surface area (Å²) in [6, 6.07) is 0. The van der Waals surface area contributed by atoms with Gasteiger partial charge in [0.2, 0.25) is 0 Å². The Morgan fingerprint density at radius 3 is 2.80 bits per heavy atom. The molecule has 4 heteroatoms. The average Bonchev–Trinajstić information content (AvgIpc) is 3.30. The first kappa shape index (κ1) is 12.1. The van der Waals surface area contributed by atoms with Gasteiger partial charge < -0.3 is 14.2 Å². The third-order valence-corrected chi connectivity index (χ3v) is 5.06. The molecule has 0 N–H and O–H groups in total. The summed E-state index contributed by atoms with van der Waals surface area (Å²) in [5, 5.41) is 0. The number of ketones is 1. The van der Waals surface area contributed by atoms with Crippen LogP contribution in [0.3, 0.4) is 0 Å². The van der Waals surface area contributed by atoms with Gasteiger partial charge in [0, 0.05) is 16.2 Å². The van der Waals surface area contributed by atoms with E-state index in [0.29, 0.717) is 12.5 Å². The van der Waals surface area contributed by atoms with E-state index in [-0.39, 0.29) is 18.4 Å². The molecular weight excluding hydrogens is 256 g/mol. The standard InChI is InChI=1S/C16H26O4/c1-10(2)5-6-12-15(3,20-12)14-13(18-4)11(17)7-8-16(14)9-19-16/h10,12-14H,5-9H2,1-4H3/t12-,13-,14-,15-,16+/m1/s1/i7D2. The lowest BCUT2D eigenvalue weighted by Gasteiger charge is -2.37. The van der Waals surface area contributed by atoms with Crippen molar-refractivity contribution in [1.82, 2.24) is 0 Å². The Balaban J connectivity index is 1.81. The molecule has 0 radical (unpaired) electrons. The lowest BCUT2D eigenvalue weighted by molar-refractivity contribution is -0.142. The first-order valence-corrected chi connectivity index (χ1v) is 7.55. The number of epoxide rings is 2. The maximum atomic E-state index is 12.4. The third kappa shape index (κ3) is 2.22. The van der Waals surface area contributed by atoms with Gasteiger partial charge in [-0.25, -0.2) is 0 Å². The van der Waals surface area contributed by atoms with Crippen molar-refractivity contribution in [2.45, 2.75) is 69.8 Å². The van der Waals surface area contributed by atoms with Crippen molar-refractivity contribution in [3.05, 3.63) is 0 Å². The molecule has 0 unspecified atom stereocenters. The predicted octanol–water partition coefficient (Wildman–Crippen LogP) is 2.34. The molecule has 20 heavy (non-hydrogen) atoms. The summed E-state index contributed by atoms with van der Waals surface area (Å²) in [5.74, 6) is -0.0844. The molecule has 4 nitrogen and oxygen atoms in total. The number of carbonyl (C=O) groups excluding carboxylic acids is 1.